The number of carbonyl (C=O) groups excluding carboxylic acids is 1. The van der Waals surface area contributed by atoms with Gasteiger partial charge in [-0.2, -0.15) is 0 Å². The van der Waals surface area contributed by atoms with Crippen molar-refractivity contribution in [3.8, 4) is 12.3 Å². The van der Waals surface area contributed by atoms with Crippen LogP contribution in [-0.4, -0.2) is 11.8 Å². The highest BCUT2D eigenvalue weighted by Gasteiger charge is 2.18. The number of terminal acetylenes is 1. The number of ketones is 1. The summed E-state index contributed by atoms with van der Waals surface area (Å²) in [5.41, 5.74) is 1.94. The van der Waals surface area contributed by atoms with Crippen LogP contribution >= 0.6 is 0 Å². The van der Waals surface area contributed by atoms with E-state index in [1.165, 1.54) is 0 Å². The Labute approximate surface area is 96.1 Å². The Hall–Kier alpha value is -1.75. The highest BCUT2D eigenvalue weighted by molar-refractivity contribution is 5.79. The van der Waals surface area contributed by atoms with Gasteiger partial charge in [-0.15, -0.1) is 6.42 Å². The van der Waals surface area contributed by atoms with Gasteiger partial charge in [0.05, 0.1) is 0 Å². The van der Waals surface area contributed by atoms with Gasteiger partial charge in [0.2, 0.25) is 0 Å². The van der Waals surface area contributed by atoms with E-state index < -0.39 is 0 Å². The summed E-state index contributed by atoms with van der Waals surface area (Å²) >= 11 is 0. The number of nitrogens with one attached hydrogen (secondary N) is 1. The van der Waals surface area contributed by atoms with Gasteiger partial charge in [-0.3, -0.25) is 4.79 Å². The van der Waals surface area contributed by atoms with Crippen molar-refractivity contribution in [1.29, 1.82) is 0 Å². The zero-order valence-corrected chi connectivity index (χ0v) is 9.20. The fourth-order valence-corrected chi connectivity index (χ4v) is 2.02. The lowest BCUT2D eigenvalue weighted by atomic mass is 9.94. The van der Waals surface area contributed by atoms with E-state index in [0.29, 0.717) is 24.7 Å². The molecule has 0 spiro atoms. The number of anilines is 1. The molecule has 1 saturated carbocycles. The number of hydrogen-bond acceptors (Lipinski definition) is 2. The van der Waals surface area contributed by atoms with E-state index in [1.807, 2.05) is 24.3 Å². The molecule has 2 rings (SSSR count). The maximum absolute atomic E-state index is 11.1. The molecular formula is C14H15NO. The Bertz CT molecular complexity index is 421. The Morgan fingerprint density at radius 3 is 2.75 bits per heavy atom. The van der Waals surface area contributed by atoms with Crippen molar-refractivity contribution in [1.82, 2.24) is 0 Å². The smallest absolute Gasteiger partial charge is 0.133 e. The molecule has 1 aliphatic rings. The third-order valence-corrected chi connectivity index (χ3v) is 2.94. The summed E-state index contributed by atoms with van der Waals surface area (Å²) in [6.07, 6.45) is 8.61. The monoisotopic (exact) mass is 213 g/mol. The average molecular weight is 213 g/mol. The number of carbonyl (C=O) groups is 1. The molecule has 0 aliphatic heterocycles. The summed E-state index contributed by atoms with van der Waals surface area (Å²) in [6.45, 7) is 0. The lowest BCUT2D eigenvalue weighted by molar-refractivity contribution is -0.120. The lowest BCUT2D eigenvalue weighted by Crippen LogP contribution is -2.25. The molecule has 2 nitrogen and oxygen atoms in total. The minimum atomic E-state index is 0.385. The van der Waals surface area contributed by atoms with Crippen LogP contribution in [0.3, 0.4) is 0 Å². The van der Waals surface area contributed by atoms with E-state index in [4.69, 9.17) is 6.42 Å². The Balaban J connectivity index is 1.98. The van der Waals surface area contributed by atoms with E-state index in [0.717, 1.165) is 24.1 Å². The van der Waals surface area contributed by atoms with Crippen molar-refractivity contribution in [2.24, 2.45) is 0 Å². The predicted molar refractivity (Wildman–Crippen MR) is 65.3 cm³/mol. The first-order chi connectivity index (χ1) is 7.78. The van der Waals surface area contributed by atoms with Crippen LogP contribution < -0.4 is 5.32 Å². The van der Waals surface area contributed by atoms with Crippen molar-refractivity contribution in [2.75, 3.05) is 5.32 Å². The normalized spacial score (nSPS) is 16.8. The molecule has 0 aromatic heterocycles. The Morgan fingerprint density at radius 2 is 2.06 bits per heavy atom. The zero-order chi connectivity index (χ0) is 11.4. The molecule has 1 fully saturated rings. The van der Waals surface area contributed by atoms with Crippen LogP contribution in [0.25, 0.3) is 0 Å². The SMILES string of the molecule is C#Cc1cccc(NC2CCC(=O)CC2)c1. The molecule has 0 heterocycles. The molecule has 1 aromatic carbocycles. The maximum atomic E-state index is 11.1. The molecular weight excluding hydrogens is 198 g/mol. The number of Topliss-reactive ketones (excluding diaryl/α,β-unsaturated/α-hetero) is 1. The van der Waals surface area contributed by atoms with Crippen molar-refractivity contribution in [3.05, 3.63) is 29.8 Å². The number of hydrogen-bond donors (Lipinski definition) is 1. The van der Waals surface area contributed by atoms with Gasteiger partial charge in [0.15, 0.2) is 0 Å². The topological polar surface area (TPSA) is 29.1 Å². The summed E-state index contributed by atoms with van der Waals surface area (Å²) in [5, 5.41) is 3.43. The Morgan fingerprint density at radius 1 is 1.31 bits per heavy atom. The second kappa shape index (κ2) is 4.85. The first-order valence-electron chi connectivity index (χ1n) is 5.63. The molecule has 0 unspecified atom stereocenters. The van der Waals surface area contributed by atoms with Crippen molar-refractivity contribution < 1.29 is 4.79 Å². The van der Waals surface area contributed by atoms with E-state index in [9.17, 15) is 4.79 Å². The third-order valence-electron chi connectivity index (χ3n) is 2.94. The highest BCUT2D eigenvalue weighted by atomic mass is 16.1. The third kappa shape index (κ3) is 2.64. The average Bonchev–Trinajstić information content (AvgIpc) is 2.32. The lowest BCUT2D eigenvalue weighted by Gasteiger charge is -2.23. The standard InChI is InChI=1S/C14H15NO/c1-2-11-4-3-5-13(10-11)15-12-6-8-14(16)9-7-12/h1,3-5,10,12,15H,6-9H2. The zero-order valence-electron chi connectivity index (χ0n) is 9.20. The summed E-state index contributed by atoms with van der Waals surface area (Å²) in [4.78, 5) is 11.1. The number of benzene rings is 1. The van der Waals surface area contributed by atoms with Gasteiger partial charge in [0.1, 0.15) is 5.78 Å². The van der Waals surface area contributed by atoms with Crippen LogP contribution in [0, 0.1) is 12.3 Å². The molecule has 16 heavy (non-hydrogen) atoms. The molecule has 1 N–H and O–H groups in total. The second-order valence-corrected chi connectivity index (χ2v) is 4.18. The van der Waals surface area contributed by atoms with E-state index in [-0.39, 0.29) is 0 Å². The molecule has 0 bridgehead atoms. The van der Waals surface area contributed by atoms with Crippen LogP contribution in [0.15, 0.2) is 24.3 Å². The predicted octanol–water partition coefficient (Wildman–Crippen LogP) is 2.59. The quantitative estimate of drug-likeness (QED) is 0.765. The minimum absolute atomic E-state index is 0.385. The highest BCUT2D eigenvalue weighted by Crippen LogP contribution is 2.20. The first kappa shape index (κ1) is 10.8. The minimum Gasteiger partial charge on any atom is -0.382 e. The molecule has 1 aromatic rings. The van der Waals surface area contributed by atoms with Gasteiger partial charge in [-0.1, -0.05) is 12.0 Å². The molecule has 2 heteroatoms. The van der Waals surface area contributed by atoms with Gasteiger partial charge < -0.3 is 5.32 Å². The van der Waals surface area contributed by atoms with Crippen molar-refractivity contribution in [3.63, 3.8) is 0 Å². The van der Waals surface area contributed by atoms with Crippen molar-refractivity contribution >= 4 is 11.5 Å². The fourth-order valence-electron chi connectivity index (χ4n) is 2.02. The van der Waals surface area contributed by atoms with Crippen LogP contribution in [0.4, 0.5) is 5.69 Å². The van der Waals surface area contributed by atoms with E-state index in [1.54, 1.807) is 0 Å². The molecule has 0 radical (unpaired) electrons. The van der Waals surface area contributed by atoms with Gasteiger partial charge in [-0.05, 0) is 31.0 Å². The van der Waals surface area contributed by atoms with E-state index >= 15 is 0 Å². The van der Waals surface area contributed by atoms with E-state index in [2.05, 4.69) is 11.2 Å². The van der Waals surface area contributed by atoms with Gasteiger partial charge in [0, 0.05) is 30.1 Å². The molecule has 82 valence electrons. The van der Waals surface area contributed by atoms with Gasteiger partial charge in [0.25, 0.3) is 0 Å². The fraction of sp³-hybridized carbons (Fsp3) is 0.357. The van der Waals surface area contributed by atoms with Crippen LogP contribution in [0.5, 0.6) is 0 Å². The summed E-state index contributed by atoms with van der Waals surface area (Å²) in [5.74, 6) is 3.00. The molecule has 0 atom stereocenters. The van der Waals surface area contributed by atoms with Crippen LogP contribution in [0.2, 0.25) is 0 Å². The molecule has 0 amide bonds. The molecule has 1 aliphatic carbocycles. The number of rotatable bonds is 2. The van der Waals surface area contributed by atoms with Crippen molar-refractivity contribution in [2.45, 2.75) is 31.7 Å². The summed E-state index contributed by atoms with van der Waals surface area (Å²) in [6, 6.07) is 8.25. The van der Waals surface area contributed by atoms with Crippen LogP contribution in [0.1, 0.15) is 31.2 Å². The summed E-state index contributed by atoms with van der Waals surface area (Å²) in [7, 11) is 0. The summed E-state index contributed by atoms with van der Waals surface area (Å²) < 4.78 is 0. The van der Waals surface area contributed by atoms with Gasteiger partial charge in [-0.25, -0.2) is 0 Å². The van der Waals surface area contributed by atoms with Crippen LogP contribution in [-0.2, 0) is 4.79 Å². The van der Waals surface area contributed by atoms with Gasteiger partial charge >= 0.3 is 0 Å². The largest absolute Gasteiger partial charge is 0.382 e. The second-order valence-electron chi connectivity index (χ2n) is 4.18. The Kier molecular flexibility index (Phi) is 3.26. The maximum Gasteiger partial charge on any atom is 0.133 e. The first-order valence-corrected chi connectivity index (χ1v) is 5.63. The molecule has 0 saturated heterocycles.